The molecule has 55 heavy (non-hydrogen) atoms. The molecule has 10 rings (SSSR count). The number of furan rings is 1. The summed E-state index contributed by atoms with van der Waals surface area (Å²) in [6.45, 7) is 0. The number of para-hydroxylation sites is 1. The van der Waals surface area contributed by atoms with E-state index in [1.54, 1.807) is 0 Å². The van der Waals surface area contributed by atoms with Crippen molar-refractivity contribution in [3.8, 4) is 78.4 Å². The van der Waals surface area contributed by atoms with Crippen LogP contribution in [0.15, 0.2) is 211 Å². The predicted molar refractivity (Wildman–Crippen MR) is 227 cm³/mol. The van der Waals surface area contributed by atoms with E-state index in [0.717, 1.165) is 83.4 Å². The summed E-state index contributed by atoms with van der Waals surface area (Å²) in [5.41, 5.74) is 15.5. The average Bonchev–Trinajstić information content (AvgIpc) is 3.66. The molecule has 0 aliphatic carbocycles. The summed E-state index contributed by atoms with van der Waals surface area (Å²) in [7, 11) is 0. The fraction of sp³-hybridized carbons (Fsp3) is 0. The Labute approximate surface area is 319 Å². The van der Waals surface area contributed by atoms with Crippen molar-refractivity contribution in [3.63, 3.8) is 0 Å². The lowest BCUT2D eigenvalue weighted by atomic mass is 9.91. The highest BCUT2D eigenvalue weighted by molar-refractivity contribution is 6.12. The molecule has 258 valence electrons. The van der Waals surface area contributed by atoms with Crippen LogP contribution in [0.5, 0.6) is 0 Å². The van der Waals surface area contributed by atoms with Crippen LogP contribution in [-0.2, 0) is 0 Å². The molecule has 0 saturated heterocycles. The van der Waals surface area contributed by atoms with Crippen molar-refractivity contribution < 1.29 is 4.42 Å². The summed E-state index contributed by atoms with van der Waals surface area (Å²) in [6, 6.07) is 72.2. The van der Waals surface area contributed by atoms with Crippen LogP contribution < -0.4 is 0 Å². The normalized spacial score (nSPS) is 11.3. The minimum atomic E-state index is 0.676. The zero-order chi connectivity index (χ0) is 36.6. The Morgan fingerprint density at radius 2 is 0.745 bits per heavy atom. The van der Waals surface area contributed by atoms with Gasteiger partial charge in [-0.25, -0.2) is 9.97 Å². The van der Waals surface area contributed by atoms with Gasteiger partial charge in [0, 0.05) is 27.5 Å². The van der Waals surface area contributed by atoms with Gasteiger partial charge in [-0.2, -0.15) is 0 Å². The highest BCUT2D eigenvalue weighted by Crippen LogP contribution is 2.41. The Morgan fingerprint density at radius 1 is 0.291 bits per heavy atom. The quantitative estimate of drug-likeness (QED) is 0.166. The monoisotopic (exact) mass is 702 g/mol. The lowest BCUT2D eigenvalue weighted by Crippen LogP contribution is -1.97. The molecule has 0 aliphatic heterocycles. The van der Waals surface area contributed by atoms with Gasteiger partial charge in [0.15, 0.2) is 5.82 Å². The minimum Gasteiger partial charge on any atom is -0.456 e. The summed E-state index contributed by atoms with van der Waals surface area (Å²) in [6.07, 6.45) is 0. The van der Waals surface area contributed by atoms with E-state index in [2.05, 4.69) is 182 Å². The zero-order valence-corrected chi connectivity index (χ0v) is 29.9. The molecule has 0 spiro atoms. The average molecular weight is 703 g/mol. The van der Waals surface area contributed by atoms with E-state index in [9.17, 15) is 0 Å². The molecule has 0 bridgehead atoms. The Balaban J connectivity index is 1.21. The maximum Gasteiger partial charge on any atom is 0.160 e. The summed E-state index contributed by atoms with van der Waals surface area (Å²) in [5.74, 6) is 0.676. The van der Waals surface area contributed by atoms with Crippen LogP contribution in [0.25, 0.3) is 100 Å². The number of nitrogens with zero attached hydrogens (tertiary/aromatic N) is 2. The van der Waals surface area contributed by atoms with E-state index in [1.165, 1.54) is 11.1 Å². The second kappa shape index (κ2) is 13.9. The third kappa shape index (κ3) is 6.28. The number of aromatic nitrogens is 2. The molecule has 8 aromatic carbocycles. The van der Waals surface area contributed by atoms with Crippen LogP contribution in [0.1, 0.15) is 0 Å². The van der Waals surface area contributed by atoms with E-state index in [1.807, 2.05) is 24.3 Å². The first-order valence-corrected chi connectivity index (χ1v) is 18.6. The largest absolute Gasteiger partial charge is 0.456 e. The summed E-state index contributed by atoms with van der Waals surface area (Å²) in [4.78, 5) is 10.5. The topological polar surface area (TPSA) is 38.9 Å². The van der Waals surface area contributed by atoms with Crippen LogP contribution in [0.4, 0.5) is 0 Å². The maximum atomic E-state index is 6.36. The third-order valence-corrected chi connectivity index (χ3v) is 10.3. The predicted octanol–water partition coefficient (Wildman–Crippen LogP) is 14.0. The van der Waals surface area contributed by atoms with Gasteiger partial charge >= 0.3 is 0 Å². The molecular formula is C52H34N2O. The summed E-state index contributed by atoms with van der Waals surface area (Å²) >= 11 is 0. The molecule has 3 nitrogen and oxygen atoms in total. The van der Waals surface area contributed by atoms with Crippen molar-refractivity contribution in [2.24, 2.45) is 0 Å². The Hall–Kier alpha value is -7.36. The molecule has 0 unspecified atom stereocenters. The van der Waals surface area contributed by atoms with E-state index in [4.69, 9.17) is 14.4 Å². The molecule has 0 fully saturated rings. The van der Waals surface area contributed by atoms with E-state index in [0.29, 0.717) is 5.82 Å². The Bertz CT molecular complexity index is 2970. The first-order valence-electron chi connectivity index (χ1n) is 18.6. The Kier molecular flexibility index (Phi) is 8.16. The second-order valence-corrected chi connectivity index (χ2v) is 13.8. The fourth-order valence-corrected chi connectivity index (χ4v) is 7.57. The van der Waals surface area contributed by atoms with E-state index >= 15 is 0 Å². The highest BCUT2D eigenvalue weighted by Gasteiger charge is 2.17. The number of fused-ring (bicyclic) bond motifs is 3. The third-order valence-electron chi connectivity index (χ3n) is 10.3. The second-order valence-electron chi connectivity index (χ2n) is 13.8. The number of hydrogen-bond donors (Lipinski definition) is 0. The van der Waals surface area contributed by atoms with Gasteiger partial charge in [-0.15, -0.1) is 0 Å². The van der Waals surface area contributed by atoms with Gasteiger partial charge in [0.05, 0.1) is 11.4 Å². The van der Waals surface area contributed by atoms with Crippen molar-refractivity contribution in [1.82, 2.24) is 9.97 Å². The molecule has 0 amide bonds. The van der Waals surface area contributed by atoms with Crippen LogP contribution in [0, 0.1) is 0 Å². The molecule has 0 aliphatic rings. The van der Waals surface area contributed by atoms with Crippen molar-refractivity contribution >= 4 is 21.9 Å². The van der Waals surface area contributed by atoms with Gasteiger partial charge in [0.25, 0.3) is 0 Å². The summed E-state index contributed by atoms with van der Waals surface area (Å²) in [5, 5.41) is 2.20. The number of rotatable bonds is 7. The van der Waals surface area contributed by atoms with Gasteiger partial charge in [0.2, 0.25) is 0 Å². The maximum absolute atomic E-state index is 6.36. The first kappa shape index (κ1) is 32.3. The van der Waals surface area contributed by atoms with E-state index < -0.39 is 0 Å². The molecular weight excluding hydrogens is 669 g/mol. The van der Waals surface area contributed by atoms with Crippen molar-refractivity contribution in [1.29, 1.82) is 0 Å². The fourth-order valence-electron chi connectivity index (χ4n) is 7.57. The zero-order valence-electron chi connectivity index (χ0n) is 29.9. The molecule has 0 N–H and O–H groups in total. The van der Waals surface area contributed by atoms with Gasteiger partial charge in [-0.1, -0.05) is 158 Å². The molecule has 2 aromatic heterocycles. The smallest absolute Gasteiger partial charge is 0.160 e. The van der Waals surface area contributed by atoms with Crippen molar-refractivity contribution in [3.05, 3.63) is 206 Å². The number of hydrogen-bond acceptors (Lipinski definition) is 3. The van der Waals surface area contributed by atoms with Crippen LogP contribution in [0.2, 0.25) is 0 Å². The van der Waals surface area contributed by atoms with Gasteiger partial charge < -0.3 is 4.42 Å². The molecule has 2 heterocycles. The molecule has 0 atom stereocenters. The molecule has 0 saturated carbocycles. The van der Waals surface area contributed by atoms with E-state index in [-0.39, 0.29) is 0 Å². The first-order chi connectivity index (χ1) is 27.2. The summed E-state index contributed by atoms with van der Waals surface area (Å²) < 4.78 is 6.36. The highest BCUT2D eigenvalue weighted by atomic mass is 16.3. The van der Waals surface area contributed by atoms with Gasteiger partial charge in [-0.3, -0.25) is 0 Å². The van der Waals surface area contributed by atoms with Crippen molar-refractivity contribution in [2.75, 3.05) is 0 Å². The van der Waals surface area contributed by atoms with Gasteiger partial charge in [0.1, 0.15) is 11.2 Å². The molecule has 3 heteroatoms. The Morgan fingerprint density at radius 3 is 1.44 bits per heavy atom. The van der Waals surface area contributed by atoms with Crippen LogP contribution in [-0.4, -0.2) is 9.97 Å². The lowest BCUT2D eigenvalue weighted by molar-refractivity contribution is 0.669. The molecule has 10 aromatic rings. The van der Waals surface area contributed by atoms with Crippen LogP contribution >= 0.6 is 0 Å². The van der Waals surface area contributed by atoms with Crippen molar-refractivity contribution in [2.45, 2.75) is 0 Å². The standard InChI is InChI=1S/C52H34N2O/c1-4-15-35(16-5-1)38-21-12-23-40(29-38)42-31-43(45-26-14-28-50-51(45)46-25-10-11-27-49(46)55-50)33-44(32-42)48-34-47(37-19-8-3-9-20-37)53-52(54-48)41-24-13-22-39(30-41)36-17-6-2-7-18-36/h1-34H. The SMILES string of the molecule is c1ccc(-c2cccc(-c3cc(-c4cc(-c5ccccc5)nc(-c5cccc(-c6ccccc6)c5)n4)cc(-c4cccc5oc6ccccc6c45)c3)c2)cc1. The van der Waals surface area contributed by atoms with Gasteiger partial charge in [-0.05, 0) is 93.0 Å². The molecule has 0 radical (unpaired) electrons. The minimum absolute atomic E-state index is 0.676. The number of benzene rings is 8. The lowest BCUT2D eigenvalue weighted by Gasteiger charge is -2.14. The van der Waals surface area contributed by atoms with Crippen LogP contribution in [0.3, 0.4) is 0 Å².